The first-order valence-electron chi connectivity index (χ1n) is 17.6. The molecule has 1 atom stereocenters. The van der Waals surface area contributed by atoms with Crippen molar-refractivity contribution in [3.8, 4) is 0 Å². The Hall–Kier alpha value is -2.10. The predicted molar refractivity (Wildman–Crippen MR) is 181 cm³/mol. The van der Waals surface area contributed by atoms with Crippen molar-refractivity contribution >= 4 is 11.9 Å². The number of carboxylic acid groups (broad SMARTS) is 1. The van der Waals surface area contributed by atoms with Crippen molar-refractivity contribution in [1.29, 1.82) is 0 Å². The summed E-state index contributed by atoms with van der Waals surface area (Å²) in [7, 11) is 0. The van der Waals surface area contributed by atoms with Crippen molar-refractivity contribution < 1.29 is 19.4 Å². The lowest BCUT2D eigenvalue weighted by atomic mass is 10.0. The Labute approximate surface area is 260 Å². The Bertz CT molecular complexity index is 719. The van der Waals surface area contributed by atoms with Crippen LogP contribution in [0.15, 0.2) is 48.6 Å². The molecule has 0 amide bonds. The molecule has 0 fully saturated rings. The molecule has 1 unspecified atom stereocenters. The van der Waals surface area contributed by atoms with Crippen molar-refractivity contribution in [2.75, 3.05) is 0 Å². The van der Waals surface area contributed by atoms with E-state index < -0.39 is 5.97 Å². The summed E-state index contributed by atoms with van der Waals surface area (Å²) in [5.74, 6) is -0.714. The second-order valence-electron chi connectivity index (χ2n) is 11.7. The third-order valence-electron chi connectivity index (χ3n) is 7.53. The molecular formula is C38H66O4. The number of carboxylic acids is 1. The van der Waals surface area contributed by atoms with Gasteiger partial charge >= 0.3 is 11.9 Å². The van der Waals surface area contributed by atoms with E-state index in [1.807, 2.05) is 0 Å². The highest BCUT2D eigenvalue weighted by molar-refractivity contribution is 5.69. The molecule has 0 bridgehead atoms. The highest BCUT2D eigenvalue weighted by Crippen LogP contribution is 2.16. The maximum Gasteiger partial charge on any atom is 0.306 e. The minimum atomic E-state index is -0.694. The Morgan fingerprint density at radius 3 is 1.50 bits per heavy atom. The molecule has 0 rings (SSSR count). The molecule has 0 aromatic carbocycles. The van der Waals surface area contributed by atoms with Crippen LogP contribution in [0.2, 0.25) is 0 Å². The zero-order valence-corrected chi connectivity index (χ0v) is 27.5. The van der Waals surface area contributed by atoms with Gasteiger partial charge in [-0.2, -0.15) is 0 Å². The Balaban J connectivity index is 3.64. The first kappa shape index (κ1) is 39.9. The van der Waals surface area contributed by atoms with Crippen LogP contribution < -0.4 is 0 Å². The fourth-order valence-electron chi connectivity index (χ4n) is 4.98. The lowest BCUT2D eigenvalue weighted by Gasteiger charge is -2.17. The molecule has 4 nitrogen and oxygen atoms in total. The molecule has 0 heterocycles. The average molecular weight is 587 g/mol. The van der Waals surface area contributed by atoms with Crippen molar-refractivity contribution in [3.63, 3.8) is 0 Å². The maximum absolute atomic E-state index is 12.3. The zero-order chi connectivity index (χ0) is 30.8. The smallest absolute Gasteiger partial charge is 0.306 e. The first-order valence-corrected chi connectivity index (χ1v) is 17.6. The van der Waals surface area contributed by atoms with Gasteiger partial charge in [-0.1, -0.05) is 133 Å². The summed E-state index contributed by atoms with van der Waals surface area (Å²) in [4.78, 5) is 22.9. The van der Waals surface area contributed by atoms with Crippen molar-refractivity contribution in [3.05, 3.63) is 48.6 Å². The number of aliphatic carboxylic acids is 1. The summed E-state index contributed by atoms with van der Waals surface area (Å²) in [6, 6.07) is 0. The van der Waals surface area contributed by atoms with Gasteiger partial charge in [-0.05, 0) is 77.0 Å². The largest absolute Gasteiger partial charge is 0.481 e. The number of carbonyl (C=O) groups is 2. The first-order chi connectivity index (χ1) is 20.6. The number of hydrogen-bond acceptors (Lipinski definition) is 3. The van der Waals surface area contributed by atoms with E-state index in [1.54, 1.807) is 0 Å². The normalized spacial score (nSPS) is 12.8. The lowest BCUT2D eigenvalue weighted by molar-refractivity contribution is -0.150. The molecule has 1 N–H and O–H groups in total. The van der Waals surface area contributed by atoms with Crippen LogP contribution in [-0.2, 0) is 14.3 Å². The topological polar surface area (TPSA) is 63.6 Å². The highest BCUT2D eigenvalue weighted by Gasteiger charge is 2.13. The van der Waals surface area contributed by atoms with Gasteiger partial charge in [0.05, 0.1) is 0 Å². The molecule has 0 aromatic heterocycles. The van der Waals surface area contributed by atoms with Gasteiger partial charge in [0.25, 0.3) is 0 Å². The second kappa shape index (κ2) is 33.4. The Morgan fingerprint density at radius 2 is 0.976 bits per heavy atom. The molecule has 0 aliphatic rings. The molecule has 0 aliphatic heterocycles. The van der Waals surface area contributed by atoms with Gasteiger partial charge < -0.3 is 9.84 Å². The number of carbonyl (C=O) groups excluding carboxylic acids is 1. The number of esters is 1. The monoisotopic (exact) mass is 586 g/mol. The van der Waals surface area contributed by atoms with Crippen LogP contribution >= 0.6 is 0 Å². The SMILES string of the molecule is CCCCC/C=C\C/C=C\C/C=C\C/C=C\CCCCCCCC(=O)OC(CCC)CCCCCCCCCC(=O)O. The third kappa shape index (κ3) is 32.4. The molecule has 242 valence electrons. The van der Waals surface area contributed by atoms with Gasteiger partial charge in [-0.25, -0.2) is 0 Å². The van der Waals surface area contributed by atoms with Crippen molar-refractivity contribution in [2.24, 2.45) is 0 Å². The van der Waals surface area contributed by atoms with Gasteiger partial charge in [0, 0.05) is 12.8 Å². The van der Waals surface area contributed by atoms with Gasteiger partial charge in [0.1, 0.15) is 6.10 Å². The van der Waals surface area contributed by atoms with E-state index >= 15 is 0 Å². The van der Waals surface area contributed by atoms with Crippen LogP contribution in [0.5, 0.6) is 0 Å². The Morgan fingerprint density at radius 1 is 0.524 bits per heavy atom. The van der Waals surface area contributed by atoms with E-state index in [2.05, 4.69) is 62.5 Å². The lowest BCUT2D eigenvalue weighted by Crippen LogP contribution is -2.18. The fourth-order valence-corrected chi connectivity index (χ4v) is 4.98. The standard InChI is InChI=1S/C38H66O4/c1-3-5-6-7-8-9-10-11-12-13-14-15-16-17-18-19-20-21-25-28-31-35-38(41)42-36(32-4-2)33-29-26-23-22-24-27-30-34-37(39)40/h8-9,11-12,14-15,17-18,36H,3-7,10,13,16,19-35H2,1-2H3,(H,39,40)/b9-8-,12-11-,15-14-,18-17-. The van der Waals surface area contributed by atoms with E-state index in [0.717, 1.165) is 89.9 Å². The molecule has 0 saturated carbocycles. The van der Waals surface area contributed by atoms with Crippen LogP contribution in [0, 0.1) is 0 Å². The molecular weight excluding hydrogens is 520 g/mol. The van der Waals surface area contributed by atoms with Crippen molar-refractivity contribution in [2.45, 2.75) is 180 Å². The van der Waals surface area contributed by atoms with Crippen LogP contribution in [-0.4, -0.2) is 23.1 Å². The summed E-state index contributed by atoms with van der Waals surface area (Å²) in [6.45, 7) is 4.40. The van der Waals surface area contributed by atoms with Gasteiger partial charge in [-0.15, -0.1) is 0 Å². The Kier molecular flexibility index (Phi) is 31.7. The molecule has 0 aromatic rings. The van der Waals surface area contributed by atoms with Gasteiger partial charge in [0.2, 0.25) is 0 Å². The van der Waals surface area contributed by atoms with E-state index in [9.17, 15) is 9.59 Å². The fraction of sp³-hybridized carbons (Fsp3) is 0.737. The predicted octanol–water partition coefficient (Wildman–Crippen LogP) is 12.0. The number of allylic oxidation sites excluding steroid dienone is 8. The third-order valence-corrected chi connectivity index (χ3v) is 7.53. The number of rotatable bonds is 31. The summed E-state index contributed by atoms with van der Waals surface area (Å²) in [5, 5.41) is 8.67. The quantitative estimate of drug-likeness (QED) is 0.0498. The summed E-state index contributed by atoms with van der Waals surface area (Å²) in [5.41, 5.74) is 0. The molecule has 0 spiro atoms. The van der Waals surface area contributed by atoms with Crippen LogP contribution in [0.4, 0.5) is 0 Å². The minimum absolute atomic E-state index is 0.0204. The van der Waals surface area contributed by atoms with E-state index in [4.69, 9.17) is 9.84 Å². The summed E-state index contributed by atoms with van der Waals surface area (Å²) >= 11 is 0. The molecule has 0 saturated heterocycles. The number of ether oxygens (including phenoxy) is 1. The van der Waals surface area contributed by atoms with E-state index in [1.165, 1.54) is 57.8 Å². The number of unbranched alkanes of at least 4 members (excludes halogenated alkanes) is 14. The molecule has 0 aliphatic carbocycles. The molecule has 4 heteroatoms. The van der Waals surface area contributed by atoms with Crippen LogP contribution in [0.25, 0.3) is 0 Å². The average Bonchev–Trinajstić information content (AvgIpc) is 2.97. The zero-order valence-electron chi connectivity index (χ0n) is 27.5. The summed E-state index contributed by atoms with van der Waals surface area (Å²) in [6.07, 6.45) is 44.6. The highest BCUT2D eigenvalue weighted by atomic mass is 16.5. The van der Waals surface area contributed by atoms with E-state index in [-0.39, 0.29) is 18.5 Å². The maximum atomic E-state index is 12.3. The van der Waals surface area contributed by atoms with E-state index in [0.29, 0.717) is 6.42 Å². The minimum Gasteiger partial charge on any atom is -0.481 e. The second-order valence-corrected chi connectivity index (χ2v) is 11.7. The van der Waals surface area contributed by atoms with Gasteiger partial charge in [0.15, 0.2) is 0 Å². The van der Waals surface area contributed by atoms with Crippen LogP contribution in [0.3, 0.4) is 0 Å². The van der Waals surface area contributed by atoms with Crippen molar-refractivity contribution in [1.82, 2.24) is 0 Å². The molecule has 0 radical (unpaired) electrons. The van der Waals surface area contributed by atoms with Crippen LogP contribution in [0.1, 0.15) is 174 Å². The molecule has 42 heavy (non-hydrogen) atoms. The number of hydrogen-bond donors (Lipinski definition) is 1. The summed E-state index contributed by atoms with van der Waals surface area (Å²) < 4.78 is 5.80. The van der Waals surface area contributed by atoms with Gasteiger partial charge in [-0.3, -0.25) is 9.59 Å².